The van der Waals surface area contributed by atoms with Crippen molar-refractivity contribution in [2.45, 2.75) is 52.4 Å². The third kappa shape index (κ3) is 2.67. The molecule has 0 bridgehead atoms. The monoisotopic (exact) mass is 319 g/mol. The summed E-state index contributed by atoms with van der Waals surface area (Å²) in [6.07, 6.45) is 5.99. The number of aromatic nitrogens is 2. The lowest BCUT2D eigenvalue weighted by atomic mass is 9.88. The van der Waals surface area contributed by atoms with E-state index in [0.29, 0.717) is 16.3 Å². The van der Waals surface area contributed by atoms with Crippen molar-refractivity contribution in [2.24, 2.45) is 5.92 Å². The molecule has 1 aliphatic rings. The summed E-state index contributed by atoms with van der Waals surface area (Å²) in [4.78, 5) is 30.3. The van der Waals surface area contributed by atoms with Gasteiger partial charge in [-0.1, -0.05) is 26.2 Å². The molecule has 0 aliphatic heterocycles. The predicted octanol–water partition coefficient (Wildman–Crippen LogP) is 3.15. The number of anilines is 1. The topological polar surface area (TPSA) is 63.5 Å². The molecule has 0 unspecified atom stereocenters. The van der Waals surface area contributed by atoms with Gasteiger partial charge in [0.15, 0.2) is 4.96 Å². The lowest BCUT2D eigenvalue weighted by Gasteiger charge is -2.20. The molecule has 0 atom stereocenters. The van der Waals surface area contributed by atoms with Gasteiger partial charge in [-0.2, -0.15) is 0 Å². The Hall–Kier alpha value is -1.69. The first-order chi connectivity index (χ1) is 10.6. The molecule has 0 radical (unpaired) electrons. The van der Waals surface area contributed by atoms with Gasteiger partial charge in [-0.25, -0.2) is 4.98 Å². The van der Waals surface area contributed by atoms with Crippen molar-refractivity contribution >= 4 is 27.9 Å². The minimum atomic E-state index is -0.162. The van der Waals surface area contributed by atoms with Gasteiger partial charge in [-0.3, -0.25) is 14.0 Å². The van der Waals surface area contributed by atoms with Gasteiger partial charge in [0.2, 0.25) is 5.91 Å². The van der Waals surface area contributed by atoms with Crippen molar-refractivity contribution in [3.63, 3.8) is 0 Å². The smallest absolute Gasteiger partial charge is 0.282 e. The Labute approximate surface area is 133 Å². The molecule has 2 aromatic rings. The van der Waals surface area contributed by atoms with Crippen LogP contribution in [0.2, 0.25) is 0 Å². The zero-order chi connectivity index (χ0) is 15.7. The largest absolute Gasteiger partial charge is 0.320 e. The second-order valence-electron chi connectivity index (χ2n) is 5.90. The quantitative estimate of drug-likeness (QED) is 0.945. The summed E-state index contributed by atoms with van der Waals surface area (Å²) in [7, 11) is 0. The van der Waals surface area contributed by atoms with Crippen LogP contribution in [-0.2, 0) is 11.2 Å². The molecule has 118 valence electrons. The van der Waals surface area contributed by atoms with Gasteiger partial charge in [-0.15, -0.1) is 11.3 Å². The van der Waals surface area contributed by atoms with Crippen LogP contribution in [0.3, 0.4) is 0 Å². The molecule has 1 N–H and O–H groups in total. The average molecular weight is 319 g/mol. The zero-order valence-electron chi connectivity index (χ0n) is 13.0. The van der Waals surface area contributed by atoms with Gasteiger partial charge in [0.25, 0.3) is 5.56 Å². The highest BCUT2D eigenvalue weighted by molar-refractivity contribution is 7.15. The first-order valence-corrected chi connectivity index (χ1v) is 8.80. The molecular weight excluding hydrogens is 298 g/mol. The lowest BCUT2D eigenvalue weighted by molar-refractivity contribution is -0.120. The molecule has 0 aromatic carbocycles. The van der Waals surface area contributed by atoms with Crippen molar-refractivity contribution in [3.05, 3.63) is 27.1 Å². The van der Waals surface area contributed by atoms with Crippen LogP contribution in [-0.4, -0.2) is 15.3 Å². The second kappa shape index (κ2) is 6.20. The third-order valence-corrected chi connectivity index (χ3v) is 5.28. The summed E-state index contributed by atoms with van der Waals surface area (Å²) in [6.45, 7) is 3.79. The number of nitrogens with zero attached hydrogens (tertiary/aromatic N) is 2. The maximum absolute atomic E-state index is 12.7. The van der Waals surface area contributed by atoms with E-state index in [9.17, 15) is 9.59 Å². The highest BCUT2D eigenvalue weighted by Crippen LogP contribution is 2.25. The standard InChI is InChI=1S/C16H21N3O2S/c1-3-12-9-22-16-17-10(2)13(15(21)19(12)16)18-14(20)11-7-5-4-6-8-11/h9,11H,3-8H2,1-2H3,(H,18,20). The van der Waals surface area contributed by atoms with Crippen molar-refractivity contribution in [1.29, 1.82) is 0 Å². The summed E-state index contributed by atoms with van der Waals surface area (Å²) in [5.74, 6) is -0.00343. The molecule has 1 aliphatic carbocycles. The van der Waals surface area contributed by atoms with E-state index in [1.165, 1.54) is 17.8 Å². The van der Waals surface area contributed by atoms with Crippen LogP contribution in [0.15, 0.2) is 10.2 Å². The Kier molecular flexibility index (Phi) is 4.29. The van der Waals surface area contributed by atoms with Gasteiger partial charge in [0.05, 0.1) is 5.69 Å². The number of thiazole rings is 1. The van der Waals surface area contributed by atoms with Crippen molar-refractivity contribution in [2.75, 3.05) is 5.32 Å². The number of carbonyl (C=O) groups is 1. The number of rotatable bonds is 3. The Balaban J connectivity index is 1.96. The van der Waals surface area contributed by atoms with Gasteiger partial charge in [0, 0.05) is 17.0 Å². The summed E-state index contributed by atoms with van der Waals surface area (Å²) in [5, 5.41) is 4.81. The van der Waals surface area contributed by atoms with Crippen LogP contribution in [0, 0.1) is 12.8 Å². The van der Waals surface area contributed by atoms with Crippen LogP contribution in [0.4, 0.5) is 5.69 Å². The van der Waals surface area contributed by atoms with Crippen molar-refractivity contribution < 1.29 is 4.79 Å². The molecule has 1 fully saturated rings. The SMILES string of the molecule is CCc1csc2nc(C)c(NC(=O)C3CCCCC3)c(=O)n12. The van der Waals surface area contributed by atoms with Crippen LogP contribution < -0.4 is 10.9 Å². The number of carbonyl (C=O) groups excluding carboxylic acids is 1. The Bertz CT molecular complexity index is 757. The maximum Gasteiger partial charge on any atom is 0.282 e. The van der Waals surface area contributed by atoms with Crippen LogP contribution in [0.25, 0.3) is 4.96 Å². The zero-order valence-corrected chi connectivity index (χ0v) is 13.8. The molecule has 6 heteroatoms. The number of amides is 1. The number of nitrogens with one attached hydrogen (secondary N) is 1. The fraction of sp³-hybridized carbons (Fsp3) is 0.562. The first kappa shape index (κ1) is 15.2. The second-order valence-corrected chi connectivity index (χ2v) is 6.74. The summed E-state index contributed by atoms with van der Waals surface area (Å²) in [6, 6.07) is 0. The molecule has 22 heavy (non-hydrogen) atoms. The summed E-state index contributed by atoms with van der Waals surface area (Å²) >= 11 is 1.46. The van der Waals surface area contributed by atoms with Gasteiger partial charge in [0.1, 0.15) is 5.69 Å². The van der Waals surface area contributed by atoms with Gasteiger partial charge >= 0.3 is 0 Å². The molecule has 5 nitrogen and oxygen atoms in total. The number of hydrogen-bond acceptors (Lipinski definition) is 4. The molecule has 1 saturated carbocycles. The highest BCUT2D eigenvalue weighted by atomic mass is 32.1. The van der Waals surface area contributed by atoms with E-state index in [2.05, 4.69) is 10.3 Å². The number of fused-ring (bicyclic) bond motifs is 1. The van der Waals surface area contributed by atoms with Gasteiger partial charge in [-0.05, 0) is 26.2 Å². The fourth-order valence-corrected chi connectivity index (χ4v) is 4.09. The predicted molar refractivity (Wildman–Crippen MR) is 88.7 cm³/mol. The Morgan fingerprint density at radius 2 is 2.14 bits per heavy atom. The lowest BCUT2D eigenvalue weighted by Crippen LogP contribution is -2.30. The van der Waals surface area contributed by atoms with Crippen molar-refractivity contribution in [1.82, 2.24) is 9.38 Å². The molecule has 0 spiro atoms. The molecule has 1 amide bonds. The van der Waals surface area contributed by atoms with E-state index >= 15 is 0 Å². The van der Waals surface area contributed by atoms with Crippen LogP contribution in [0.5, 0.6) is 0 Å². The van der Waals surface area contributed by atoms with E-state index < -0.39 is 0 Å². The molecule has 2 heterocycles. The Morgan fingerprint density at radius 3 is 2.82 bits per heavy atom. The highest BCUT2D eigenvalue weighted by Gasteiger charge is 2.23. The van der Waals surface area contributed by atoms with Gasteiger partial charge < -0.3 is 5.32 Å². The fourth-order valence-electron chi connectivity index (χ4n) is 3.08. The molecule has 0 saturated heterocycles. The summed E-state index contributed by atoms with van der Waals surface area (Å²) in [5.41, 5.74) is 1.70. The van der Waals surface area contributed by atoms with E-state index in [-0.39, 0.29) is 17.4 Å². The minimum Gasteiger partial charge on any atom is -0.320 e. The van der Waals surface area contributed by atoms with E-state index in [1.54, 1.807) is 11.3 Å². The Morgan fingerprint density at radius 1 is 1.41 bits per heavy atom. The maximum atomic E-state index is 12.7. The van der Waals surface area contributed by atoms with Crippen molar-refractivity contribution in [3.8, 4) is 0 Å². The summed E-state index contributed by atoms with van der Waals surface area (Å²) < 4.78 is 1.62. The average Bonchev–Trinajstić information content (AvgIpc) is 2.95. The first-order valence-electron chi connectivity index (χ1n) is 7.92. The number of aryl methyl sites for hydroxylation is 2. The normalized spacial score (nSPS) is 16.1. The third-order valence-electron chi connectivity index (χ3n) is 4.41. The van der Waals surface area contributed by atoms with Crippen LogP contribution in [0.1, 0.15) is 50.4 Å². The van der Waals surface area contributed by atoms with E-state index in [4.69, 9.17) is 0 Å². The minimum absolute atomic E-state index is 0.0290. The van der Waals surface area contributed by atoms with Crippen LogP contribution >= 0.6 is 11.3 Å². The molecular formula is C16H21N3O2S. The van der Waals surface area contributed by atoms with E-state index in [0.717, 1.165) is 37.8 Å². The molecule has 3 rings (SSSR count). The number of hydrogen-bond donors (Lipinski definition) is 1. The van der Waals surface area contributed by atoms with E-state index in [1.807, 2.05) is 12.3 Å². The molecule has 2 aromatic heterocycles.